The Kier molecular flexibility index (Phi) is 2.80. The van der Waals surface area contributed by atoms with Crippen LogP contribution in [0.25, 0.3) is 0 Å². The number of carbonyl (C=O) groups excluding carboxylic acids is 1. The largest absolute Gasteiger partial charge is 0.512 e. The van der Waals surface area contributed by atoms with Crippen LogP contribution in [0, 0.1) is 5.92 Å². The van der Waals surface area contributed by atoms with Crippen LogP contribution in [0.2, 0.25) is 0 Å². The van der Waals surface area contributed by atoms with Gasteiger partial charge in [-0.15, -0.1) is 0 Å². The molecule has 2 heterocycles. The number of carbonyl (C=O) groups is 2. The van der Waals surface area contributed by atoms with Crippen molar-refractivity contribution in [3.8, 4) is 0 Å². The van der Waals surface area contributed by atoms with Crippen molar-refractivity contribution in [2.75, 3.05) is 7.11 Å². The lowest BCUT2D eigenvalue weighted by Crippen LogP contribution is -2.65. The zero-order valence-corrected chi connectivity index (χ0v) is 9.36. The molecule has 0 aromatic rings. The van der Waals surface area contributed by atoms with Crippen molar-refractivity contribution in [2.45, 2.75) is 25.2 Å². The first-order valence-electron chi connectivity index (χ1n) is 5.14. The van der Waals surface area contributed by atoms with E-state index < -0.39 is 24.3 Å². The van der Waals surface area contributed by atoms with Gasteiger partial charge in [-0.25, -0.2) is 4.79 Å². The summed E-state index contributed by atoms with van der Waals surface area (Å²) in [4.78, 5) is 23.4. The van der Waals surface area contributed by atoms with E-state index in [2.05, 4.69) is 4.74 Å². The van der Waals surface area contributed by atoms with Gasteiger partial charge in [0.15, 0.2) is 0 Å². The molecule has 2 aliphatic heterocycles. The number of β-lactam (4-membered cyclic amide) rings is 1. The summed E-state index contributed by atoms with van der Waals surface area (Å²) in [5.41, 5.74) is 0. The Labute approximate surface area is 97.2 Å². The van der Waals surface area contributed by atoms with E-state index in [1.54, 1.807) is 0 Å². The molecule has 4 atom stereocenters. The molecule has 7 heteroatoms. The molecule has 1 amide bonds. The molecule has 0 spiro atoms. The highest BCUT2D eigenvalue weighted by atomic mass is 16.7. The van der Waals surface area contributed by atoms with Crippen LogP contribution in [-0.2, 0) is 14.3 Å². The average Bonchev–Trinajstić information content (AvgIpc) is 2.49. The molecule has 2 aliphatic rings. The molecule has 0 radical (unpaired) electrons. The number of carboxylic acid groups (broad SMARTS) is 1. The van der Waals surface area contributed by atoms with Crippen molar-refractivity contribution >= 4 is 12.1 Å². The second-order valence-electron chi connectivity index (χ2n) is 4.04. The van der Waals surface area contributed by atoms with E-state index >= 15 is 0 Å². The third-order valence-electron chi connectivity index (χ3n) is 3.05. The predicted molar refractivity (Wildman–Crippen MR) is 53.8 cm³/mol. The Morgan fingerprint density at radius 2 is 2.24 bits per heavy atom. The maximum atomic E-state index is 11.7. The van der Waals surface area contributed by atoms with Crippen molar-refractivity contribution in [1.29, 1.82) is 0 Å². The molecule has 0 aromatic carbocycles. The molecule has 2 N–H and O–H groups in total. The van der Waals surface area contributed by atoms with Gasteiger partial charge in [-0.05, 0) is 6.92 Å². The number of hydrogen-bond acceptors (Lipinski definition) is 5. The number of fused-ring (bicyclic) bond motifs is 1. The van der Waals surface area contributed by atoms with Gasteiger partial charge in [0.25, 0.3) is 0 Å². The third-order valence-corrected chi connectivity index (χ3v) is 3.05. The Morgan fingerprint density at radius 3 is 2.71 bits per heavy atom. The highest BCUT2D eigenvalue weighted by molar-refractivity contribution is 5.89. The van der Waals surface area contributed by atoms with Gasteiger partial charge < -0.3 is 19.7 Å². The van der Waals surface area contributed by atoms with Crippen molar-refractivity contribution < 1.29 is 29.3 Å². The number of aliphatic hydroxyl groups excluding tert-OH is 1. The first-order valence-corrected chi connectivity index (χ1v) is 5.14. The Hall–Kier alpha value is -1.60. The summed E-state index contributed by atoms with van der Waals surface area (Å²) in [6.07, 6.45) is -1.32. The van der Waals surface area contributed by atoms with Crippen molar-refractivity contribution in [3.63, 3.8) is 0 Å². The van der Waals surface area contributed by atoms with E-state index in [1.807, 2.05) is 0 Å². The van der Waals surface area contributed by atoms with Gasteiger partial charge in [0.1, 0.15) is 6.10 Å². The molecule has 0 bridgehead atoms. The number of ether oxygens (including phenoxy) is 2. The molecule has 2 rings (SSSR count). The second-order valence-corrected chi connectivity index (χ2v) is 4.04. The van der Waals surface area contributed by atoms with E-state index in [1.165, 1.54) is 25.0 Å². The number of aliphatic hydroxyl groups is 1. The Morgan fingerprint density at radius 1 is 1.59 bits per heavy atom. The van der Waals surface area contributed by atoms with Crippen LogP contribution in [0.5, 0.6) is 0 Å². The smallest absolute Gasteiger partial charge is 0.449 e. The Bertz CT molecular complexity index is 390. The van der Waals surface area contributed by atoms with Crippen molar-refractivity contribution in [1.82, 2.24) is 4.90 Å². The lowest BCUT2D eigenvalue weighted by Gasteiger charge is -2.45. The topological polar surface area (TPSA) is 96.3 Å². The van der Waals surface area contributed by atoms with E-state index in [0.29, 0.717) is 0 Å². The summed E-state index contributed by atoms with van der Waals surface area (Å²) in [6.45, 7) is 1.52. The molecule has 17 heavy (non-hydrogen) atoms. The summed E-state index contributed by atoms with van der Waals surface area (Å²) in [7, 11) is 1.45. The van der Waals surface area contributed by atoms with Crippen LogP contribution in [0.4, 0.5) is 4.79 Å². The lowest BCUT2D eigenvalue weighted by molar-refractivity contribution is -0.167. The number of methoxy groups -OCH3 is 1. The lowest BCUT2D eigenvalue weighted by atomic mass is 9.82. The molecule has 0 saturated carbocycles. The first kappa shape index (κ1) is 11.9. The van der Waals surface area contributed by atoms with Gasteiger partial charge in [-0.2, -0.15) is 0 Å². The zero-order valence-electron chi connectivity index (χ0n) is 9.36. The maximum absolute atomic E-state index is 11.7. The summed E-state index contributed by atoms with van der Waals surface area (Å²) in [5.74, 6) is -0.973. The van der Waals surface area contributed by atoms with Gasteiger partial charge in [0, 0.05) is 13.2 Å². The predicted octanol–water partition coefficient (Wildman–Crippen LogP) is -0.241. The molecule has 1 fully saturated rings. The minimum atomic E-state index is -1.49. The SMILES string of the molecule is CO[C@@H]1C=C(OC(=O)O)N2C(=O)[C@H]([C@@H](C)O)[C@@H]12. The maximum Gasteiger partial charge on any atom is 0.512 e. The summed E-state index contributed by atoms with van der Waals surface area (Å²) < 4.78 is 9.63. The summed E-state index contributed by atoms with van der Waals surface area (Å²) in [5, 5.41) is 18.0. The highest BCUT2D eigenvalue weighted by Gasteiger charge is 2.58. The van der Waals surface area contributed by atoms with Crippen LogP contribution in [0.3, 0.4) is 0 Å². The van der Waals surface area contributed by atoms with Gasteiger partial charge in [-0.3, -0.25) is 9.69 Å². The molecule has 1 saturated heterocycles. The number of nitrogens with zero attached hydrogens (tertiary/aromatic N) is 1. The number of amides is 1. The van der Waals surface area contributed by atoms with Crippen LogP contribution < -0.4 is 0 Å². The van der Waals surface area contributed by atoms with E-state index in [4.69, 9.17) is 9.84 Å². The highest BCUT2D eigenvalue weighted by Crippen LogP contribution is 2.41. The number of rotatable bonds is 3. The van der Waals surface area contributed by atoms with Crippen LogP contribution in [0.15, 0.2) is 12.0 Å². The molecule has 0 aromatic heterocycles. The Balaban J connectivity index is 2.20. The quantitative estimate of drug-likeness (QED) is 0.524. The fraction of sp³-hybridized carbons (Fsp3) is 0.600. The fourth-order valence-electron chi connectivity index (χ4n) is 2.33. The van der Waals surface area contributed by atoms with E-state index in [0.717, 1.165) is 0 Å². The van der Waals surface area contributed by atoms with Crippen LogP contribution in [-0.4, -0.2) is 52.5 Å². The van der Waals surface area contributed by atoms with Gasteiger partial charge in [0.05, 0.1) is 18.1 Å². The monoisotopic (exact) mass is 243 g/mol. The summed E-state index contributed by atoms with van der Waals surface area (Å²) in [6, 6.07) is -0.387. The van der Waals surface area contributed by atoms with Crippen molar-refractivity contribution in [2.24, 2.45) is 5.92 Å². The molecule has 94 valence electrons. The minimum Gasteiger partial charge on any atom is -0.449 e. The van der Waals surface area contributed by atoms with Gasteiger partial charge in [0.2, 0.25) is 11.8 Å². The zero-order chi connectivity index (χ0) is 12.7. The van der Waals surface area contributed by atoms with Crippen molar-refractivity contribution in [3.05, 3.63) is 12.0 Å². The molecular formula is C10H13NO6. The first-order chi connectivity index (χ1) is 7.97. The molecule has 0 unspecified atom stereocenters. The summed E-state index contributed by atoms with van der Waals surface area (Å²) >= 11 is 0. The average molecular weight is 243 g/mol. The van der Waals surface area contributed by atoms with E-state index in [-0.39, 0.29) is 17.8 Å². The molecular weight excluding hydrogens is 230 g/mol. The van der Waals surface area contributed by atoms with E-state index in [9.17, 15) is 14.7 Å². The minimum absolute atomic E-state index is 0.0451. The molecule has 0 aliphatic carbocycles. The second kappa shape index (κ2) is 4.01. The van der Waals surface area contributed by atoms with Crippen LogP contribution >= 0.6 is 0 Å². The fourth-order valence-corrected chi connectivity index (χ4v) is 2.33. The standard InChI is InChI=1S/C10H13NO6/c1-4(12)7-8-5(16-2)3-6(17-10(14)15)11(8)9(7)13/h3-5,7-8,12H,1-2H3,(H,14,15)/t4-,5-,7-,8-/m1/s1. The van der Waals surface area contributed by atoms with Crippen LogP contribution in [0.1, 0.15) is 6.92 Å². The third kappa shape index (κ3) is 1.67. The van der Waals surface area contributed by atoms with Gasteiger partial charge >= 0.3 is 6.16 Å². The normalized spacial score (nSPS) is 32.6. The number of hydrogen-bond donors (Lipinski definition) is 2. The van der Waals surface area contributed by atoms with Gasteiger partial charge in [-0.1, -0.05) is 0 Å². The molecule has 7 nitrogen and oxygen atoms in total.